The van der Waals surface area contributed by atoms with Crippen molar-refractivity contribution >= 4 is 30.5 Å². The van der Waals surface area contributed by atoms with Crippen molar-refractivity contribution in [1.82, 2.24) is 10.2 Å². The number of hydrogen-bond acceptors (Lipinski definition) is 4. The van der Waals surface area contributed by atoms with Crippen molar-refractivity contribution in [3.8, 4) is 0 Å². The molecular formula is C14H21Cl2N3O2. The smallest absolute Gasteiger partial charge is 0.269 e. The Kier molecular flexibility index (Phi) is 6.87. The van der Waals surface area contributed by atoms with Crippen LogP contribution in [0.3, 0.4) is 0 Å². The number of non-ortho nitro benzene ring substituents is 1. The molecule has 1 saturated heterocycles. The minimum Gasteiger partial charge on any atom is -0.314 e. The van der Waals surface area contributed by atoms with Crippen molar-refractivity contribution in [2.24, 2.45) is 5.92 Å². The van der Waals surface area contributed by atoms with Crippen LogP contribution in [0.5, 0.6) is 0 Å². The second-order valence-electron chi connectivity index (χ2n) is 5.42. The Balaban J connectivity index is 0.00000110. The van der Waals surface area contributed by atoms with Crippen LogP contribution in [0.15, 0.2) is 24.3 Å². The van der Waals surface area contributed by atoms with E-state index in [2.05, 4.69) is 10.2 Å². The largest absolute Gasteiger partial charge is 0.314 e. The van der Waals surface area contributed by atoms with E-state index in [4.69, 9.17) is 0 Å². The van der Waals surface area contributed by atoms with Gasteiger partial charge < -0.3 is 5.32 Å². The van der Waals surface area contributed by atoms with E-state index < -0.39 is 0 Å². The summed E-state index contributed by atoms with van der Waals surface area (Å²) in [6, 6.07) is 7.54. The Morgan fingerprint density at radius 3 is 2.48 bits per heavy atom. The first kappa shape index (κ1) is 18.2. The van der Waals surface area contributed by atoms with Crippen LogP contribution in [0, 0.1) is 16.0 Å². The van der Waals surface area contributed by atoms with E-state index in [9.17, 15) is 10.1 Å². The zero-order chi connectivity index (χ0) is 13.2. The molecule has 0 bridgehead atoms. The van der Waals surface area contributed by atoms with Gasteiger partial charge in [0.2, 0.25) is 0 Å². The summed E-state index contributed by atoms with van der Waals surface area (Å²) < 4.78 is 0. The SMILES string of the molecule is Cl.Cl.O=[N+]([O-])c1cccc([C@@H](C2CC2)N2CCNCC2)c1. The second kappa shape index (κ2) is 7.94. The minimum atomic E-state index is -0.300. The predicted octanol–water partition coefficient (Wildman–Crippen LogP) is 2.79. The van der Waals surface area contributed by atoms with Gasteiger partial charge in [-0.1, -0.05) is 12.1 Å². The van der Waals surface area contributed by atoms with E-state index in [0.29, 0.717) is 12.0 Å². The number of halogens is 2. The number of hydrogen-bond donors (Lipinski definition) is 1. The molecule has 7 heteroatoms. The van der Waals surface area contributed by atoms with Crippen LogP contribution in [0.4, 0.5) is 5.69 Å². The highest BCUT2D eigenvalue weighted by Gasteiger charge is 2.37. The maximum atomic E-state index is 10.9. The van der Waals surface area contributed by atoms with Crippen molar-refractivity contribution in [2.75, 3.05) is 26.2 Å². The molecule has 0 spiro atoms. The molecule has 0 aromatic heterocycles. The fourth-order valence-electron chi connectivity index (χ4n) is 2.98. The summed E-state index contributed by atoms with van der Waals surface area (Å²) in [6.45, 7) is 4.09. The molecule has 118 valence electrons. The molecule has 5 nitrogen and oxygen atoms in total. The Bertz CT molecular complexity index is 477. The number of nitrogens with one attached hydrogen (secondary N) is 1. The van der Waals surface area contributed by atoms with Crippen LogP contribution in [0.2, 0.25) is 0 Å². The Morgan fingerprint density at radius 1 is 1.24 bits per heavy atom. The molecule has 0 radical (unpaired) electrons. The first-order chi connectivity index (χ1) is 9.25. The van der Waals surface area contributed by atoms with Gasteiger partial charge in [0.25, 0.3) is 5.69 Å². The van der Waals surface area contributed by atoms with E-state index in [1.807, 2.05) is 12.1 Å². The standard InChI is InChI=1S/C14H19N3O2.2ClH/c18-17(19)13-3-1-2-12(10-13)14(11-4-5-11)16-8-6-15-7-9-16;;/h1-3,10-11,14-15H,4-9H2;2*1H/t14-;;/m1../s1. The lowest BCUT2D eigenvalue weighted by atomic mass is 9.99. The average molecular weight is 334 g/mol. The molecule has 2 aliphatic rings. The highest BCUT2D eigenvalue weighted by Crippen LogP contribution is 2.45. The summed E-state index contributed by atoms with van der Waals surface area (Å²) in [4.78, 5) is 13.1. The van der Waals surface area contributed by atoms with Crippen LogP contribution in [-0.4, -0.2) is 36.0 Å². The second-order valence-corrected chi connectivity index (χ2v) is 5.42. The summed E-state index contributed by atoms with van der Waals surface area (Å²) in [6.07, 6.45) is 2.49. The fraction of sp³-hybridized carbons (Fsp3) is 0.571. The van der Waals surface area contributed by atoms with Gasteiger partial charge in [0.15, 0.2) is 0 Å². The first-order valence-electron chi connectivity index (χ1n) is 6.95. The van der Waals surface area contributed by atoms with Crippen molar-refractivity contribution in [2.45, 2.75) is 18.9 Å². The van der Waals surface area contributed by atoms with Crippen molar-refractivity contribution in [1.29, 1.82) is 0 Å². The Labute approximate surface area is 137 Å². The topological polar surface area (TPSA) is 58.4 Å². The van der Waals surface area contributed by atoms with Gasteiger partial charge in [0, 0.05) is 44.4 Å². The summed E-state index contributed by atoms with van der Waals surface area (Å²) in [5, 5.41) is 14.3. The summed E-state index contributed by atoms with van der Waals surface area (Å²) in [5.41, 5.74) is 1.32. The summed E-state index contributed by atoms with van der Waals surface area (Å²) in [7, 11) is 0. The van der Waals surface area contributed by atoms with E-state index in [1.54, 1.807) is 12.1 Å². The van der Waals surface area contributed by atoms with Gasteiger partial charge in [-0.05, 0) is 24.3 Å². The molecule has 0 amide bonds. The van der Waals surface area contributed by atoms with Gasteiger partial charge in [0.05, 0.1) is 4.92 Å². The molecule has 2 fully saturated rings. The van der Waals surface area contributed by atoms with E-state index in [1.165, 1.54) is 12.8 Å². The number of nitrogens with zero attached hydrogens (tertiary/aromatic N) is 2. The molecule has 0 unspecified atom stereocenters. The molecule has 21 heavy (non-hydrogen) atoms. The molecule has 1 aromatic rings. The number of benzene rings is 1. The number of piperazine rings is 1. The van der Waals surface area contributed by atoms with Gasteiger partial charge >= 0.3 is 0 Å². The van der Waals surface area contributed by atoms with E-state index in [0.717, 1.165) is 31.7 Å². The van der Waals surface area contributed by atoms with Gasteiger partial charge in [-0.15, -0.1) is 24.8 Å². The molecule has 1 heterocycles. The first-order valence-corrected chi connectivity index (χ1v) is 6.95. The average Bonchev–Trinajstić information content (AvgIpc) is 3.25. The third kappa shape index (κ3) is 4.30. The highest BCUT2D eigenvalue weighted by molar-refractivity contribution is 5.85. The van der Waals surface area contributed by atoms with Crippen molar-refractivity contribution < 1.29 is 4.92 Å². The lowest BCUT2D eigenvalue weighted by molar-refractivity contribution is -0.385. The van der Waals surface area contributed by atoms with Crippen LogP contribution >= 0.6 is 24.8 Å². The highest BCUT2D eigenvalue weighted by atomic mass is 35.5. The van der Waals surface area contributed by atoms with Crippen molar-refractivity contribution in [3.05, 3.63) is 39.9 Å². The Hall–Kier alpha value is -0.880. The Morgan fingerprint density at radius 2 is 1.90 bits per heavy atom. The zero-order valence-corrected chi connectivity index (χ0v) is 13.4. The number of nitro groups is 1. The fourth-order valence-corrected chi connectivity index (χ4v) is 2.98. The van der Waals surface area contributed by atoms with Crippen molar-refractivity contribution in [3.63, 3.8) is 0 Å². The molecule has 3 rings (SSSR count). The minimum absolute atomic E-state index is 0. The lowest BCUT2D eigenvalue weighted by Crippen LogP contribution is -2.45. The predicted molar refractivity (Wildman–Crippen MR) is 87.5 cm³/mol. The number of rotatable bonds is 4. The molecule has 1 saturated carbocycles. The summed E-state index contributed by atoms with van der Waals surface area (Å²) >= 11 is 0. The van der Waals surface area contributed by atoms with E-state index in [-0.39, 0.29) is 35.4 Å². The number of nitro benzene ring substituents is 1. The normalized spacial score (nSPS) is 20.0. The third-order valence-electron chi connectivity index (χ3n) is 4.04. The van der Waals surface area contributed by atoms with Gasteiger partial charge in [-0.25, -0.2) is 0 Å². The quantitative estimate of drug-likeness (QED) is 0.679. The molecule has 1 aliphatic heterocycles. The monoisotopic (exact) mass is 333 g/mol. The lowest BCUT2D eigenvalue weighted by Gasteiger charge is -2.35. The molecule has 1 N–H and O–H groups in total. The van der Waals surface area contributed by atoms with Crippen LogP contribution in [0.1, 0.15) is 24.4 Å². The maximum absolute atomic E-state index is 10.9. The third-order valence-corrected chi connectivity index (χ3v) is 4.04. The van der Waals surface area contributed by atoms with Crippen LogP contribution in [0.25, 0.3) is 0 Å². The molecule has 1 aromatic carbocycles. The zero-order valence-electron chi connectivity index (χ0n) is 11.7. The summed E-state index contributed by atoms with van der Waals surface area (Å²) in [5.74, 6) is 0.681. The van der Waals surface area contributed by atoms with Crippen LogP contribution in [-0.2, 0) is 0 Å². The van der Waals surface area contributed by atoms with Gasteiger partial charge in [-0.2, -0.15) is 0 Å². The molecule has 1 atom stereocenters. The van der Waals surface area contributed by atoms with Gasteiger partial charge in [-0.3, -0.25) is 15.0 Å². The van der Waals surface area contributed by atoms with E-state index >= 15 is 0 Å². The maximum Gasteiger partial charge on any atom is 0.269 e. The van der Waals surface area contributed by atoms with Gasteiger partial charge in [0.1, 0.15) is 0 Å². The molecular weight excluding hydrogens is 313 g/mol. The molecule has 1 aliphatic carbocycles. The van der Waals surface area contributed by atoms with Crippen LogP contribution < -0.4 is 5.32 Å².